The minimum absolute atomic E-state index is 0.104. The molecule has 1 atom stereocenters. The number of nitrogens with zero attached hydrogens (tertiary/aromatic N) is 1. The van der Waals surface area contributed by atoms with Crippen LogP contribution in [0.25, 0.3) is 22.6 Å². The molecular formula is C33H29N3O6. The number of nitrogens with one attached hydrogen (secondary N) is 2. The van der Waals surface area contributed by atoms with E-state index in [1.54, 1.807) is 19.1 Å². The topological polar surface area (TPSA) is 120 Å². The van der Waals surface area contributed by atoms with Gasteiger partial charge in [-0.15, -0.1) is 0 Å². The van der Waals surface area contributed by atoms with E-state index < -0.39 is 24.0 Å². The molecule has 42 heavy (non-hydrogen) atoms. The summed E-state index contributed by atoms with van der Waals surface area (Å²) in [5, 5.41) is 5.99. The van der Waals surface area contributed by atoms with E-state index in [4.69, 9.17) is 18.9 Å². The van der Waals surface area contributed by atoms with Crippen LogP contribution in [0.2, 0.25) is 0 Å². The van der Waals surface area contributed by atoms with Gasteiger partial charge >= 0.3 is 18.0 Å². The average molecular weight is 564 g/mol. The summed E-state index contributed by atoms with van der Waals surface area (Å²) in [7, 11) is 0. The lowest BCUT2D eigenvalue weighted by Crippen LogP contribution is -2.47. The van der Waals surface area contributed by atoms with Crippen molar-refractivity contribution in [2.45, 2.75) is 32.7 Å². The van der Waals surface area contributed by atoms with E-state index in [1.165, 1.54) is 11.8 Å². The van der Waals surface area contributed by atoms with Crippen molar-refractivity contribution in [2.24, 2.45) is 0 Å². The first-order valence-corrected chi connectivity index (χ1v) is 13.8. The monoisotopic (exact) mass is 563 g/mol. The second-order valence-corrected chi connectivity index (χ2v) is 10.1. The Morgan fingerprint density at radius 1 is 1.02 bits per heavy atom. The first kappa shape index (κ1) is 27.0. The highest BCUT2D eigenvalue weighted by Gasteiger charge is 2.36. The van der Waals surface area contributed by atoms with Crippen LogP contribution in [-0.4, -0.2) is 36.2 Å². The molecule has 0 radical (unpaired) electrons. The van der Waals surface area contributed by atoms with Gasteiger partial charge in [0.05, 0.1) is 40.9 Å². The van der Waals surface area contributed by atoms with E-state index in [1.807, 2.05) is 31.2 Å². The Morgan fingerprint density at radius 2 is 1.83 bits per heavy atom. The van der Waals surface area contributed by atoms with Crippen LogP contribution in [0.15, 0.2) is 82.6 Å². The Balaban J connectivity index is 1.36. The summed E-state index contributed by atoms with van der Waals surface area (Å²) < 4.78 is 16.6. The summed E-state index contributed by atoms with van der Waals surface area (Å²) in [5.74, 6) is -0.874. The molecule has 2 aliphatic rings. The largest absolute Gasteiger partial charge is 0.467 e. The quantitative estimate of drug-likeness (QED) is 0.279. The Bertz CT molecular complexity index is 1750. The lowest BCUT2D eigenvalue weighted by Gasteiger charge is -2.27. The number of carbonyl (C=O) groups is 3. The summed E-state index contributed by atoms with van der Waals surface area (Å²) in [5.41, 5.74) is 6.24. The van der Waals surface area contributed by atoms with E-state index in [0.29, 0.717) is 28.6 Å². The Morgan fingerprint density at radius 3 is 2.60 bits per heavy atom. The van der Waals surface area contributed by atoms with Gasteiger partial charge in [0.1, 0.15) is 18.4 Å². The van der Waals surface area contributed by atoms with E-state index in [0.717, 1.165) is 28.8 Å². The second kappa shape index (κ2) is 11.4. The molecule has 2 aromatic carbocycles. The van der Waals surface area contributed by atoms with Crippen LogP contribution in [0.5, 0.6) is 0 Å². The summed E-state index contributed by atoms with van der Waals surface area (Å²) in [6, 6.07) is 17.6. The van der Waals surface area contributed by atoms with Gasteiger partial charge in [0.25, 0.3) is 0 Å². The maximum atomic E-state index is 13.8. The number of pyridine rings is 1. The predicted molar refractivity (Wildman–Crippen MR) is 156 cm³/mol. The third-order valence-corrected chi connectivity index (χ3v) is 7.39. The van der Waals surface area contributed by atoms with E-state index in [2.05, 4.69) is 41.0 Å². The fourth-order valence-corrected chi connectivity index (χ4v) is 5.44. The Hall–Kier alpha value is -5.18. The van der Waals surface area contributed by atoms with Crippen molar-refractivity contribution in [1.82, 2.24) is 15.6 Å². The number of fused-ring (bicyclic) bond motifs is 2. The fraction of sp³-hybridized carbons (Fsp3) is 0.212. The van der Waals surface area contributed by atoms with Crippen LogP contribution in [0, 0.1) is 6.92 Å². The van der Waals surface area contributed by atoms with Gasteiger partial charge in [-0.1, -0.05) is 48.0 Å². The molecule has 9 nitrogen and oxygen atoms in total. The first-order valence-electron chi connectivity index (χ1n) is 13.8. The molecule has 2 N–H and O–H groups in total. The molecule has 0 spiro atoms. The number of furan rings is 1. The SMILES string of the molecule is CCOC(=O)C1=C(COC(=O)c2c3c(nc4ccccc24)/C(=C/c2ccc(C)cc2)CC3)NC(=O)NC1c1ccco1. The highest BCUT2D eigenvalue weighted by molar-refractivity contribution is 6.07. The minimum Gasteiger partial charge on any atom is -0.467 e. The number of allylic oxidation sites excluding steroid dienone is 1. The van der Waals surface area contributed by atoms with Gasteiger partial charge in [-0.2, -0.15) is 0 Å². The number of hydrogen-bond donors (Lipinski definition) is 2. The van der Waals surface area contributed by atoms with Crippen molar-refractivity contribution < 1.29 is 28.3 Å². The van der Waals surface area contributed by atoms with Crippen LogP contribution in [0.1, 0.15) is 57.9 Å². The fourth-order valence-electron chi connectivity index (χ4n) is 5.44. The normalized spacial score (nSPS) is 17.1. The van der Waals surface area contributed by atoms with Gasteiger partial charge in [-0.25, -0.2) is 19.4 Å². The highest BCUT2D eigenvalue weighted by atomic mass is 16.5. The number of urea groups is 1. The Labute approximate surface area is 242 Å². The van der Waals surface area contributed by atoms with Crippen molar-refractivity contribution in [2.75, 3.05) is 13.2 Å². The lowest BCUT2D eigenvalue weighted by atomic mass is 10.00. The van der Waals surface area contributed by atoms with Crippen LogP contribution in [0.4, 0.5) is 4.79 Å². The van der Waals surface area contributed by atoms with Crippen molar-refractivity contribution in [3.63, 3.8) is 0 Å². The molecule has 0 saturated heterocycles. The van der Waals surface area contributed by atoms with Gasteiger partial charge in [-0.05, 0) is 67.7 Å². The molecule has 0 fully saturated rings. The molecule has 9 heteroatoms. The standard InChI is InChI=1S/C33H29N3O6/c1-3-40-32(38)28-25(35-33(39)36-30(28)26-9-6-16-41-26)18-42-31(37)27-22-7-4-5-8-24(22)34-29-21(14-15-23(27)29)17-20-12-10-19(2)11-13-20/h4-13,16-17,30H,3,14-15,18H2,1-2H3,(H2,35,36,39)/b21-17+. The zero-order valence-electron chi connectivity index (χ0n) is 23.2. The zero-order chi connectivity index (χ0) is 29.2. The van der Waals surface area contributed by atoms with E-state index >= 15 is 0 Å². The van der Waals surface area contributed by atoms with E-state index in [9.17, 15) is 14.4 Å². The summed E-state index contributed by atoms with van der Waals surface area (Å²) in [6.45, 7) is 3.51. The Kier molecular flexibility index (Phi) is 7.31. The van der Waals surface area contributed by atoms with Crippen LogP contribution < -0.4 is 10.6 Å². The zero-order valence-corrected chi connectivity index (χ0v) is 23.2. The molecule has 2 aromatic heterocycles. The second-order valence-electron chi connectivity index (χ2n) is 10.1. The lowest BCUT2D eigenvalue weighted by molar-refractivity contribution is -0.139. The minimum atomic E-state index is -0.901. The molecule has 4 aromatic rings. The number of esters is 2. The van der Waals surface area contributed by atoms with Crippen molar-refractivity contribution >= 4 is 40.5 Å². The highest BCUT2D eigenvalue weighted by Crippen LogP contribution is 2.38. The number of rotatable bonds is 7. The third kappa shape index (κ3) is 5.16. The van der Waals surface area contributed by atoms with Gasteiger partial charge in [0.15, 0.2) is 0 Å². The summed E-state index contributed by atoms with van der Waals surface area (Å²) in [6.07, 6.45) is 4.92. The predicted octanol–water partition coefficient (Wildman–Crippen LogP) is 5.65. The summed E-state index contributed by atoms with van der Waals surface area (Å²) >= 11 is 0. The van der Waals surface area contributed by atoms with Crippen molar-refractivity contribution in [1.29, 1.82) is 0 Å². The van der Waals surface area contributed by atoms with Gasteiger partial charge in [0.2, 0.25) is 0 Å². The third-order valence-electron chi connectivity index (χ3n) is 7.39. The van der Waals surface area contributed by atoms with Gasteiger partial charge < -0.3 is 24.5 Å². The number of aryl methyl sites for hydroxylation is 1. The van der Waals surface area contributed by atoms with Gasteiger partial charge in [-0.3, -0.25) is 0 Å². The van der Waals surface area contributed by atoms with Crippen LogP contribution >= 0.6 is 0 Å². The van der Waals surface area contributed by atoms with E-state index in [-0.39, 0.29) is 24.5 Å². The number of hydrogen-bond acceptors (Lipinski definition) is 7. The molecule has 3 heterocycles. The molecule has 6 rings (SSSR count). The number of ether oxygens (including phenoxy) is 2. The molecule has 0 bridgehead atoms. The molecule has 212 valence electrons. The van der Waals surface area contributed by atoms with Gasteiger partial charge in [0, 0.05) is 5.39 Å². The molecule has 1 aliphatic heterocycles. The average Bonchev–Trinajstić information content (AvgIpc) is 3.66. The first-order chi connectivity index (χ1) is 20.4. The van der Waals surface area contributed by atoms with Crippen LogP contribution in [0.3, 0.4) is 0 Å². The smallest absolute Gasteiger partial charge is 0.339 e. The number of para-hydroxylation sites is 1. The summed E-state index contributed by atoms with van der Waals surface area (Å²) in [4.78, 5) is 44.3. The van der Waals surface area contributed by atoms with Crippen LogP contribution in [-0.2, 0) is 20.7 Å². The number of carbonyl (C=O) groups excluding carboxylic acids is 3. The molecule has 2 amide bonds. The van der Waals surface area contributed by atoms with Crippen molar-refractivity contribution in [3.05, 3.63) is 112 Å². The maximum Gasteiger partial charge on any atom is 0.339 e. The molecular weight excluding hydrogens is 534 g/mol. The number of aromatic nitrogens is 1. The molecule has 1 aliphatic carbocycles. The maximum absolute atomic E-state index is 13.8. The number of benzene rings is 2. The number of amides is 2. The molecule has 1 unspecified atom stereocenters. The molecule has 0 saturated carbocycles. The van der Waals surface area contributed by atoms with Crippen molar-refractivity contribution in [3.8, 4) is 0 Å².